The molecule has 1 N–H and O–H groups in total. The summed E-state index contributed by atoms with van der Waals surface area (Å²) in [6, 6.07) is 2.79. The second-order valence-electron chi connectivity index (χ2n) is 6.03. The van der Waals surface area contributed by atoms with Gasteiger partial charge in [0, 0.05) is 32.6 Å². The van der Waals surface area contributed by atoms with Crippen LogP contribution >= 0.6 is 27.5 Å². The number of aromatic nitrogens is 2. The van der Waals surface area contributed by atoms with Crippen molar-refractivity contribution in [2.24, 2.45) is 13.0 Å². The number of halogens is 4. The SMILES string of the molecule is CN1CC(c2c(Br)c(Cl)nn2C)[C@@H](C(=O)Nc2ccc(F)cc2F)C1=O. The van der Waals surface area contributed by atoms with Crippen molar-refractivity contribution >= 4 is 45.0 Å². The van der Waals surface area contributed by atoms with E-state index in [1.165, 1.54) is 9.58 Å². The van der Waals surface area contributed by atoms with E-state index < -0.39 is 35.3 Å². The molecule has 1 saturated heterocycles. The molecular formula is C16H14BrClF2N4O2. The number of aryl methyl sites for hydroxylation is 1. The standard InChI is InChI=1S/C16H14BrClF2N4O2/c1-23-6-8(13-12(17)14(18)22-24(13)2)11(16(23)26)15(25)21-10-4-3-7(19)5-9(10)20/h3-5,8,11H,6H2,1-2H3,(H,21,25)/t8?,11-/m0/s1. The van der Waals surface area contributed by atoms with Gasteiger partial charge in [0.05, 0.1) is 15.9 Å². The lowest BCUT2D eigenvalue weighted by atomic mass is 9.91. The van der Waals surface area contributed by atoms with Crippen LogP contribution in [0.3, 0.4) is 0 Å². The van der Waals surface area contributed by atoms with Gasteiger partial charge in [-0.15, -0.1) is 0 Å². The van der Waals surface area contributed by atoms with E-state index in [4.69, 9.17) is 11.6 Å². The van der Waals surface area contributed by atoms with Crippen molar-refractivity contribution in [2.75, 3.05) is 18.9 Å². The van der Waals surface area contributed by atoms with Gasteiger partial charge >= 0.3 is 0 Å². The highest BCUT2D eigenvalue weighted by Crippen LogP contribution is 2.39. The zero-order valence-corrected chi connectivity index (χ0v) is 16.1. The predicted molar refractivity (Wildman–Crippen MR) is 94.8 cm³/mol. The average molecular weight is 448 g/mol. The van der Waals surface area contributed by atoms with E-state index in [2.05, 4.69) is 26.3 Å². The summed E-state index contributed by atoms with van der Waals surface area (Å²) in [5.74, 6) is -4.39. The van der Waals surface area contributed by atoms with E-state index in [1.807, 2.05) is 0 Å². The first-order valence-corrected chi connectivity index (χ1v) is 8.76. The quantitative estimate of drug-likeness (QED) is 0.736. The summed E-state index contributed by atoms with van der Waals surface area (Å²) in [7, 11) is 3.23. The molecule has 2 atom stereocenters. The molecule has 0 spiro atoms. The molecule has 0 aliphatic carbocycles. The molecule has 0 bridgehead atoms. The molecule has 1 aromatic carbocycles. The number of likely N-dealkylation sites (N-methyl/N-ethyl adjacent to an activating group) is 1. The third-order valence-electron chi connectivity index (χ3n) is 4.33. The van der Waals surface area contributed by atoms with Crippen LogP contribution in [0.4, 0.5) is 14.5 Å². The lowest BCUT2D eigenvalue weighted by molar-refractivity contribution is -0.135. The van der Waals surface area contributed by atoms with E-state index in [0.717, 1.165) is 12.1 Å². The molecule has 26 heavy (non-hydrogen) atoms. The predicted octanol–water partition coefficient (Wildman–Crippen LogP) is 2.92. The number of nitrogens with one attached hydrogen (secondary N) is 1. The zero-order valence-electron chi connectivity index (χ0n) is 13.8. The summed E-state index contributed by atoms with van der Waals surface area (Å²) in [4.78, 5) is 26.7. The van der Waals surface area contributed by atoms with Crippen molar-refractivity contribution in [1.82, 2.24) is 14.7 Å². The third-order valence-corrected chi connectivity index (χ3v) is 5.60. The van der Waals surface area contributed by atoms with Crippen molar-refractivity contribution < 1.29 is 18.4 Å². The van der Waals surface area contributed by atoms with E-state index in [9.17, 15) is 18.4 Å². The minimum Gasteiger partial charge on any atom is -0.344 e. The maximum Gasteiger partial charge on any atom is 0.237 e. The van der Waals surface area contributed by atoms with E-state index in [-0.39, 0.29) is 17.4 Å². The molecule has 2 aromatic rings. The van der Waals surface area contributed by atoms with Crippen LogP contribution in [0.15, 0.2) is 22.7 Å². The highest BCUT2D eigenvalue weighted by molar-refractivity contribution is 9.10. The Kier molecular flexibility index (Phi) is 5.03. The van der Waals surface area contributed by atoms with Crippen LogP contribution in [-0.2, 0) is 16.6 Å². The monoisotopic (exact) mass is 446 g/mol. The molecule has 138 valence electrons. The molecule has 2 amide bonds. The van der Waals surface area contributed by atoms with Crippen molar-refractivity contribution in [3.05, 3.63) is 45.2 Å². The van der Waals surface area contributed by atoms with Gasteiger partial charge in [-0.25, -0.2) is 8.78 Å². The summed E-state index contributed by atoms with van der Waals surface area (Å²) in [5, 5.41) is 6.66. The van der Waals surface area contributed by atoms with E-state index in [0.29, 0.717) is 16.2 Å². The van der Waals surface area contributed by atoms with Gasteiger partial charge in [0.25, 0.3) is 0 Å². The second kappa shape index (κ2) is 6.96. The fraction of sp³-hybridized carbons (Fsp3) is 0.312. The molecule has 10 heteroatoms. The molecule has 6 nitrogen and oxygen atoms in total. The van der Waals surface area contributed by atoms with Crippen LogP contribution in [0, 0.1) is 17.6 Å². The Morgan fingerprint density at radius 2 is 2.08 bits per heavy atom. The number of benzene rings is 1. The lowest BCUT2D eigenvalue weighted by Gasteiger charge is -2.17. The van der Waals surface area contributed by atoms with Crippen molar-refractivity contribution in [3.8, 4) is 0 Å². The number of nitrogens with zero attached hydrogens (tertiary/aromatic N) is 3. The number of anilines is 1. The van der Waals surface area contributed by atoms with Crippen LogP contribution in [-0.4, -0.2) is 40.1 Å². The summed E-state index contributed by atoms with van der Waals surface area (Å²) in [6.45, 7) is 0.275. The summed E-state index contributed by atoms with van der Waals surface area (Å²) in [5.41, 5.74) is 0.395. The first-order chi connectivity index (χ1) is 12.2. The van der Waals surface area contributed by atoms with Crippen LogP contribution in [0.1, 0.15) is 11.6 Å². The Hall–Kier alpha value is -2.00. The molecule has 3 rings (SSSR count). The summed E-state index contributed by atoms with van der Waals surface area (Å²) < 4.78 is 28.9. The summed E-state index contributed by atoms with van der Waals surface area (Å²) >= 11 is 9.35. The number of carbonyl (C=O) groups excluding carboxylic acids is 2. The molecule has 2 heterocycles. The van der Waals surface area contributed by atoms with E-state index in [1.54, 1.807) is 14.1 Å². The third kappa shape index (κ3) is 3.21. The van der Waals surface area contributed by atoms with Crippen LogP contribution in [0.2, 0.25) is 5.15 Å². The van der Waals surface area contributed by atoms with Gasteiger partial charge in [-0.1, -0.05) is 11.6 Å². The van der Waals surface area contributed by atoms with Crippen molar-refractivity contribution in [2.45, 2.75) is 5.92 Å². The van der Waals surface area contributed by atoms with Crippen LogP contribution in [0.5, 0.6) is 0 Å². The molecule has 1 aromatic heterocycles. The number of amides is 2. The first-order valence-electron chi connectivity index (χ1n) is 7.59. The first kappa shape index (κ1) is 18.8. The fourth-order valence-corrected chi connectivity index (χ4v) is 3.96. The maximum absolute atomic E-state index is 13.8. The van der Waals surface area contributed by atoms with Crippen LogP contribution in [0.25, 0.3) is 0 Å². The smallest absolute Gasteiger partial charge is 0.237 e. The van der Waals surface area contributed by atoms with Gasteiger partial charge in [-0.3, -0.25) is 14.3 Å². The van der Waals surface area contributed by atoms with Gasteiger partial charge in [0.1, 0.15) is 17.6 Å². The molecule has 1 aliphatic heterocycles. The summed E-state index contributed by atoms with van der Waals surface area (Å²) in [6.07, 6.45) is 0. The molecular weight excluding hydrogens is 434 g/mol. The number of carbonyl (C=O) groups is 2. The Morgan fingerprint density at radius 3 is 2.65 bits per heavy atom. The van der Waals surface area contributed by atoms with E-state index >= 15 is 0 Å². The van der Waals surface area contributed by atoms with Gasteiger partial charge in [-0.2, -0.15) is 5.10 Å². The van der Waals surface area contributed by atoms with Crippen molar-refractivity contribution in [1.29, 1.82) is 0 Å². The van der Waals surface area contributed by atoms with Gasteiger partial charge in [0.2, 0.25) is 11.8 Å². The van der Waals surface area contributed by atoms with Gasteiger partial charge < -0.3 is 10.2 Å². The molecule has 0 saturated carbocycles. The molecule has 0 radical (unpaired) electrons. The van der Waals surface area contributed by atoms with Crippen molar-refractivity contribution in [3.63, 3.8) is 0 Å². The average Bonchev–Trinajstić information content (AvgIpc) is 2.98. The van der Waals surface area contributed by atoms with Crippen LogP contribution < -0.4 is 5.32 Å². The van der Waals surface area contributed by atoms with Gasteiger partial charge in [-0.05, 0) is 28.1 Å². The Bertz CT molecular complexity index is 905. The highest BCUT2D eigenvalue weighted by Gasteiger charge is 2.46. The maximum atomic E-state index is 13.8. The molecule has 1 unspecified atom stereocenters. The number of hydrogen-bond donors (Lipinski definition) is 1. The lowest BCUT2D eigenvalue weighted by Crippen LogP contribution is -2.33. The number of hydrogen-bond acceptors (Lipinski definition) is 3. The number of likely N-dealkylation sites (tertiary alicyclic amines) is 1. The minimum absolute atomic E-state index is 0.195. The highest BCUT2D eigenvalue weighted by atomic mass is 79.9. The fourth-order valence-electron chi connectivity index (χ4n) is 3.12. The normalized spacial score (nSPS) is 19.9. The largest absolute Gasteiger partial charge is 0.344 e. The van der Waals surface area contributed by atoms with Gasteiger partial charge in [0.15, 0.2) is 5.15 Å². The topological polar surface area (TPSA) is 67.2 Å². The Balaban J connectivity index is 1.94. The molecule has 1 aliphatic rings. The number of rotatable bonds is 3. The minimum atomic E-state index is -1.09. The zero-order chi connectivity index (χ0) is 19.2. The molecule has 1 fully saturated rings. The second-order valence-corrected chi connectivity index (χ2v) is 7.18. The Labute approximate surface area is 161 Å². The Morgan fingerprint density at radius 1 is 1.38 bits per heavy atom.